The highest BCUT2D eigenvalue weighted by Crippen LogP contribution is 2.24. The maximum absolute atomic E-state index is 12.8. The summed E-state index contributed by atoms with van der Waals surface area (Å²) in [5, 5.41) is 8.39. The SMILES string of the molecule is Cn1cc(-c2ccc3cnc(CC(=O)c4ccc5cnccc5c4)cc3c2)cn1. The highest BCUT2D eigenvalue weighted by atomic mass is 16.1. The molecule has 5 nitrogen and oxygen atoms in total. The molecule has 0 saturated carbocycles. The van der Waals surface area contributed by atoms with Crippen LogP contribution in [0.5, 0.6) is 0 Å². The number of hydrogen-bond acceptors (Lipinski definition) is 4. The molecule has 0 unspecified atom stereocenters. The van der Waals surface area contributed by atoms with E-state index in [0.717, 1.165) is 38.4 Å². The lowest BCUT2D eigenvalue weighted by Crippen LogP contribution is -2.05. The first-order valence-electron chi connectivity index (χ1n) is 9.40. The van der Waals surface area contributed by atoms with Gasteiger partial charge in [0, 0.05) is 59.4 Å². The van der Waals surface area contributed by atoms with Crippen LogP contribution >= 0.6 is 0 Å². The fourth-order valence-electron chi connectivity index (χ4n) is 3.56. The van der Waals surface area contributed by atoms with E-state index in [-0.39, 0.29) is 12.2 Å². The Kier molecular flexibility index (Phi) is 4.13. The molecule has 0 atom stereocenters. The first-order chi connectivity index (χ1) is 14.2. The monoisotopic (exact) mass is 378 g/mol. The van der Waals surface area contributed by atoms with Crippen LogP contribution in [0.1, 0.15) is 16.1 Å². The summed E-state index contributed by atoms with van der Waals surface area (Å²) in [7, 11) is 1.90. The van der Waals surface area contributed by atoms with E-state index in [4.69, 9.17) is 0 Å². The topological polar surface area (TPSA) is 60.7 Å². The van der Waals surface area contributed by atoms with Gasteiger partial charge in [-0.2, -0.15) is 5.10 Å². The van der Waals surface area contributed by atoms with Crippen LogP contribution in [-0.2, 0) is 13.5 Å². The van der Waals surface area contributed by atoms with Crippen LogP contribution in [0.4, 0.5) is 0 Å². The van der Waals surface area contributed by atoms with E-state index in [0.29, 0.717) is 5.56 Å². The first-order valence-corrected chi connectivity index (χ1v) is 9.40. The number of carbonyl (C=O) groups is 1. The van der Waals surface area contributed by atoms with Crippen molar-refractivity contribution in [2.75, 3.05) is 0 Å². The van der Waals surface area contributed by atoms with Gasteiger partial charge in [0.2, 0.25) is 0 Å². The van der Waals surface area contributed by atoms with E-state index >= 15 is 0 Å². The van der Waals surface area contributed by atoms with Gasteiger partial charge in [-0.3, -0.25) is 19.4 Å². The summed E-state index contributed by atoms with van der Waals surface area (Å²) < 4.78 is 1.79. The molecule has 0 fully saturated rings. The summed E-state index contributed by atoms with van der Waals surface area (Å²) in [4.78, 5) is 21.4. The summed E-state index contributed by atoms with van der Waals surface area (Å²) in [6.07, 6.45) is 9.47. The van der Waals surface area contributed by atoms with Gasteiger partial charge >= 0.3 is 0 Å². The lowest BCUT2D eigenvalue weighted by Gasteiger charge is -2.06. The quantitative estimate of drug-likeness (QED) is 0.429. The van der Waals surface area contributed by atoms with Crippen molar-refractivity contribution in [3.05, 3.63) is 90.8 Å². The normalized spacial score (nSPS) is 11.2. The Morgan fingerprint density at radius 2 is 1.72 bits per heavy atom. The van der Waals surface area contributed by atoms with Gasteiger partial charge in [-0.15, -0.1) is 0 Å². The zero-order chi connectivity index (χ0) is 19.8. The average Bonchev–Trinajstić information content (AvgIpc) is 3.19. The zero-order valence-electron chi connectivity index (χ0n) is 15.9. The number of fused-ring (bicyclic) bond motifs is 2. The average molecular weight is 378 g/mol. The van der Waals surface area contributed by atoms with E-state index in [1.807, 2.05) is 62.0 Å². The van der Waals surface area contributed by atoms with E-state index in [2.05, 4.69) is 27.2 Å². The minimum Gasteiger partial charge on any atom is -0.294 e. The molecule has 0 bridgehead atoms. The van der Waals surface area contributed by atoms with Crippen LogP contribution in [0, 0.1) is 0 Å². The lowest BCUT2D eigenvalue weighted by molar-refractivity contribution is 0.0992. The highest BCUT2D eigenvalue weighted by Gasteiger charge is 2.10. The third-order valence-electron chi connectivity index (χ3n) is 5.12. The van der Waals surface area contributed by atoms with Crippen LogP contribution in [0.25, 0.3) is 32.7 Å². The van der Waals surface area contributed by atoms with Crippen LogP contribution < -0.4 is 0 Å². The van der Waals surface area contributed by atoms with E-state index < -0.39 is 0 Å². The summed E-state index contributed by atoms with van der Waals surface area (Å²) in [5.41, 5.74) is 3.61. The van der Waals surface area contributed by atoms with Crippen molar-refractivity contribution in [1.82, 2.24) is 19.7 Å². The number of ketones is 1. The van der Waals surface area contributed by atoms with Gasteiger partial charge in [-0.05, 0) is 40.6 Å². The largest absolute Gasteiger partial charge is 0.294 e. The van der Waals surface area contributed by atoms with E-state index in [9.17, 15) is 4.79 Å². The Balaban J connectivity index is 1.45. The minimum absolute atomic E-state index is 0.0546. The molecule has 0 saturated heterocycles. The summed E-state index contributed by atoms with van der Waals surface area (Å²) in [5.74, 6) is 0.0546. The van der Waals surface area contributed by atoms with Crippen LogP contribution in [0.2, 0.25) is 0 Å². The van der Waals surface area contributed by atoms with Crippen molar-refractivity contribution in [2.24, 2.45) is 7.05 Å². The fraction of sp³-hybridized carbons (Fsp3) is 0.0833. The Morgan fingerprint density at radius 1 is 0.862 bits per heavy atom. The van der Waals surface area contributed by atoms with Crippen LogP contribution in [0.15, 0.2) is 79.5 Å². The molecule has 2 aromatic carbocycles. The van der Waals surface area contributed by atoms with Gasteiger partial charge in [0.15, 0.2) is 5.78 Å². The molecular formula is C24H18N4O. The van der Waals surface area contributed by atoms with Crippen molar-refractivity contribution in [2.45, 2.75) is 6.42 Å². The van der Waals surface area contributed by atoms with Gasteiger partial charge < -0.3 is 0 Å². The Bertz CT molecular complexity index is 1370. The van der Waals surface area contributed by atoms with Crippen molar-refractivity contribution in [1.29, 1.82) is 0 Å². The molecule has 3 heterocycles. The summed E-state index contributed by atoms with van der Waals surface area (Å²) in [6, 6.07) is 15.9. The summed E-state index contributed by atoms with van der Waals surface area (Å²) in [6.45, 7) is 0. The second kappa shape index (κ2) is 6.95. The standard InChI is InChI=1S/C24H18N4O/c1-28-15-22(14-27-28)16-2-4-20-13-26-23(10-21(20)9-16)11-24(29)18-3-5-19-12-25-7-6-17(19)8-18/h2-10,12-15H,11H2,1H3. The molecule has 5 aromatic rings. The number of rotatable bonds is 4. The predicted molar refractivity (Wildman–Crippen MR) is 114 cm³/mol. The van der Waals surface area contributed by atoms with Gasteiger partial charge in [-0.1, -0.05) is 24.3 Å². The molecule has 0 spiro atoms. The number of pyridine rings is 2. The lowest BCUT2D eigenvalue weighted by atomic mass is 10.0. The molecule has 5 rings (SSSR count). The van der Waals surface area contributed by atoms with Crippen molar-refractivity contribution >= 4 is 27.3 Å². The fourth-order valence-corrected chi connectivity index (χ4v) is 3.56. The third-order valence-corrected chi connectivity index (χ3v) is 5.12. The number of benzene rings is 2. The molecular weight excluding hydrogens is 360 g/mol. The number of Topliss-reactive ketones (excluding diaryl/α,β-unsaturated/α-hetero) is 1. The zero-order valence-corrected chi connectivity index (χ0v) is 15.9. The molecule has 29 heavy (non-hydrogen) atoms. The van der Waals surface area contributed by atoms with Gasteiger partial charge in [0.1, 0.15) is 0 Å². The molecule has 0 radical (unpaired) electrons. The number of hydrogen-bond donors (Lipinski definition) is 0. The number of carbonyl (C=O) groups excluding carboxylic acids is 1. The van der Waals surface area contributed by atoms with E-state index in [1.165, 1.54) is 0 Å². The molecule has 3 aromatic heterocycles. The van der Waals surface area contributed by atoms with Gasteiger partial charge in [0.05, 0.1) is 12.6 Å². The Hall–Kier alpha value is -3.86. The van der Waals surface area contributed by atoms with Crippen molar-refractivity contribution in [3.8, 4) is 11.1 Å². The second-order valence-corrected chi connectivity index (χ2v) is 7.18. The Morgan fingerprint density at radius 3 is 2.59 bits per heavy atom. The van der Waals surface area contributed by atoms with Crippen LogP contribution in [-0.4, -0.2) is 25.5 Å². The molecule has 5 heteroatoms. The molecule has 0 amide bonds. The molecule has 0 N–H and O–H groups in total. The number of aryl methyl sites for hydroxylation is 1. The van der Waals surface area contributed by atoms with E-state index in [1.54, 1.807) is 17.1 Å². The first kappa shape index (κ1) is 17.3. The van der Waals surface area contributed by atoms with Gasteiger partial charge in [-0.25, -0.2) is 0 Å². The van der Waals surface area contributed by atoms with Crippen molar-refractivity contribution < 1.29 is 4.79 Å². The molecule has 140 valence electrons. The summed E-state index contributed by atoms with van der Waals surface area (Å²) >= 11 is 0. The molecule has 0 aliphatic rings. The maximum atomic E-state index is 12.8. The van der Waals surface area contributed by atoms with Gasteiger partial charge in [0.25, 0.3) is 0 Å². The molecule has 0 aliphatic heterocycles. The molecule has 0 aliphatic carbocycles. The second-order valence-electron chi connectivity index (χ2n) is 7.18. The number of aromatic nitrogens is 4. The Labute approximate surface area is 167 Å². The predicted octanol–water partition coefficient (Wildman–Crippen LogP) is 4.61. The van der Waals surface area contributed by atoms with Crippen molar-refractivity contribution in [3.63, 3.8) is 0 Å². The maximum Gasteiger partial charge on any atom is 0.168 e. The smallest absolute Gasteiger partial charge is 0.168 e. The third kappa shape index (κ3) is 3.38. The number of nitrogens with zero attached hydrogens (tertiary/aromatic N) is 4. The highest BCUT2D eigenvalue weighted by molar-refractivity contribution is 6.01. The van der Waals surface area contributed by atoms with Crippen LogP contribution in [0.3, 0.4) is 0 Å². The minimum atomic E-state index is 0.0546.